The van der Waals surface area contributed by atoms with Gasteiger partial charge in [-0.2, -0.15) is 22.7 Å². The number of halogens is 3. The number of hydrogen-bond acceptors (Lipinski definition) is 7. The Morgan fingerprint density at radius 3 is 2.35 bits per heavy atom. The van der Waals surface area contributed by atoms with Crippen LogP contribution in [-0.4, -0.2) is 71.7 Å². The number of rotatable bonds is 6. The molecule has 3 heterocycles. The number of piperazine rings is 1. The van der Waals surface area contributed by atoms with E-state index in [1.807, 2.05) is 4.90 Å². The van der Waals surface area contributed by atoms with Crippen molar-refractivity contribution in [2.24, 2.45) is 7.05 Å². The summed E-state index contributed by atoms with van der Waals surface area (Å²) in [4.78, 5) is 32.4. The molecule has 0 N–H and O–H groups in total. The molecule has 14 heteroatoms. The Bertz CT molecular complexity index is 1430. The first-order valence-corrected chi connectivity index (χ1v) is 12.7. The highest BCUT2D eigenvalue weighted by Gasteiger charge is 2.40. The summed E-state index contributed by atoms with van der Waals surface area (Å²) in [5.41, 5.74) is -1.77. The number of aryl methyl sites for hydroxylation is 1. The molecule has 0 atom stereocenters. The maximum Gasteiger partial charge on any atom is 0.417 e. The number of nitriles is 1. The standard InChI is InChI=1S/C23H23F3N6O4S/c1-15-18(5-6-30-7-9-31(10-8-30)37(35,36)20-13-29(2)14-28-20)22(34)32(21(15)33)17-4-3-16(12-27)19(11-17)23(24,25)26/h3-4,11,13-14H,5-10H2,1-2H3. The van der Waals surface area contributed by atoms with Gasteiger partial charge in [-0.05, 0) is 31.5 Å². The Hall–Kier alpha value is -3.54. The number of nitrogens with zero attached hydrogens (tertiary/aromatic N) is 6. The van der Waals surface area contributed by atoms with Crippen molar-refractivity contribution in [1.82, 2.24) is 18.8 Å². The van der Waals surface area contributed by atoms with Crippen LogP contribution in [0, 0.1) is 11.3 Å². The maximum absolute atomic E-state index is 13.4. The van der Waals surface area contributed by atoms with Gasteiger partial charge in [0.2, 0.25) is 0 Å². The van der Waals surface area contributed by atoms with Gasteiger partial charge in [0.15, 0.2) is 5.03 Å². The molecule has 0 bridgehead atoms. The summed E-state index contributed by atoms with van der Waals surface area (Å²) in [7, 11) is -2.04. The number of sulfonamides is 1. The molecule has 1 aromatic carbocycles. The van der Waals surface area contributed by atoms with Gasteiger partial charge in [0.25, 0.3) is 21.8 Å². The predicted molar refractivity (Wildman–Crippen MR) is 124 cm³/mol. The SMILES string of the molecule is CC1=C(CCN2CCN(S(=O)(=O)c3cn(C)cn3)CC2)C(=O)N(c2ccc(C#N)c(C(F)(F)F)c2)C1=O. The summed E-state index contributed by atoms with van der Waals surface area (Å²) in [5.74, 6) is -1.43. The normalized spacial score (nSPS) is 18.1. The Morgan fingerprint density at radius 2 is 1.78 bits per heavy atom. The largest absolute Gasteiger partial charge is 0.417 e. The lowest BCUT2D eigenvalue weighted by Gasteiger charge is -2.33. The van der Waals surface area contributed by atoms with Crippen molar-refractivity contribution in [2.75, 3.05) is 37.6 Å². The number of imidazole rings is 1. The fraction of sp³-hybridized carbons (Fsp3) is 0.391. The quantitative estimate of drug-likeness (QED) is 0.517. The number of aromatic nitrogens is 2. The Balaban J connectivity index is 1.42. The van der Waals surface area contributed by atoms with Gasteiger partial charge < -0.3 is 9.47 Å². The maximum atomic E-state index is 13.4. The van der Waals surface area contributed by atoms with Crippen molar-refractivity contribution in [1.29, 1.82) is 5.26 Å². The monoisotopic (exact) mass is 536 g/mol. The van der Waals surface area contributed by atoms with Crippen LogP contribution in [0.2, 0.25) is 0 Å². The number of anilines is 1. The smallest absolute Gasteiger partial charge is 0.339 e. The third kappa shape index (κ3) is 5.02. The molecular formula is C23H23F3N6O4S. The van der Waals surface area contributed by atoms with E-state index in [4.69, 9.17) is 5.26 Å². The lowest BCUT2D eigenvalue weighted by molar-refractivity contribution is -0.138. The summed E-state index contributed by atoms with van der Waals surface area (Å²) in [5, 5.41) is 8.96. The van der Waals surface area contributed by atoms with E-state index in [0.29, 0.717) is 30.6 Å². The molecule has 1 fully saturated rings. The van der Waals surface area contributed by atoms with Crippen molar-refractivity contribution >= 4 is 27.5 Å². The van der Waals surface area contributed by atoms with Crippen LogP contribution in [0.4, 0.5) is 18.9 Å². The number of alkyl halides is 3. The molecule has 0 saturated carbocycles. The lowest BCUT2D eigenvalue weighted by Crippen LogP contribution is -2.48. The lowest BCUT2D eigenvalue weighted by atomic mass is 10.1. The van der Waals surface area contributed by atoms with E-state index in [9.17, 15) is 31.2 Å². The number of carbonyl (C=O) groups excluding carboxylic acids is 2. The minimum Gasteiger partial charge on any atom is -0.339 e. The molecule has 10 nitrogen and oxygen atoms in total. The highest BCUT2D eigenvalue weighted by Crippen LogP contribution is 2.36. The highest BCUT2D eigenvalue weighted by atomic mass is 32.2. The third-order valence-electron chi connectivity index (χ3n) is 6.42. The van der Waals surface area contributed by atoms with Crippen molar-refractivity contribution in [3.63, 3.8) is 0 Å². The van der Waals surface area contributed by atoms with Crippen molar-refractivity contribution in [2.45, 2.75) is 24.5 Å². The molecule has 37 heavy (non-hydrogen) atoms. The van der Waals surface area contributed by atoms with Crippen LogP contribution in [-0.2, 0) is 32.8 Å². The molecule has 196 valence electrons. The van der Waals surface area contributed by atoms with Crippen LogP contribution in [0.3, 0.4) is 0 Å². The zero-order valence-electron chi connectivity index (χ0n) is 20.0. The van der Waals surface area contributed by atoms with Crippen LogP contribution in [0.15, 0.2) is 46.9 Å². The van der Waals surface area contributed by atoms with E-state index in [1.165, 1.54) is 29.8 Å². The van der Waals surface area contributed by atoms with Crippen molar-refractivity contribution < 1.29 is 31.2 Å². The van der Waals surface area contributed by atoms with Gasteiger partial charge in [-0.25, -0.2) is 18.3 Å². The van der Waals surface area contributed by atoms with Crippen LogP contribution in [0.25, 0.3) is 0 Å². The Morgan fingerprint density at radius 1 is 1.11 bits per heavy atom. The van der Waals surface area contributed by atoms with Crippen LogP contribution < -0.4 is 4.90 Å². The van der Waals surface area contributed by atoms with E-state index in [-0.39, 0.29) is 41.4 Å². The molecule has 0 unspecified atom stereocenters. The molecule has 0 spiro atoms. The van der Waals surface area contributed by atoms with Gasteiger partial charge in [-0.15, -0.1) is 0 Å². The summed E-state index contributed by atoms with van der Waals surface area (Å²) in [6, 6.07) is 4.18. The summed E-state index contributed by atoms with van der Waals surface area (Å²) in [6.07, 6.45) is -1.83. The molecule has 1 aromatic heterocycles. The Kier molecular flexibility index (Phi) is 6.97. The molecule has 2 amide bonds. The summed E-state index contributed by atoms with van der Waals surface area (Å²) < 4.78 is 68.5. The molecule has 0 radical (unpaired) electrons. The van der Waals surface area contributed by atoms with E-state index < -0.39 is 39.1 Å². The average molecular weight is 537 g/mol. The van der Waals surface area contributed by atoms with Gasteiger partial charge in [-0.3, -0.25) is 9.59 Å². The molecule has 1 saturated heterocycles. The highest BCUT2D eigenvalue weighted by molar-refractivity contribution is 7.89. The van der Waals surface area contributed by atoms with Gasteiger partial charge in [0.05, 0.1) is 29.2 Å². The molecular weight excluding hydrogens is 513 g/mol. The second-order valence-corrected chi connectivity index (χ2v) is 10.6. The first kappa shape index (κ1) is 26.5. The van der Waals surface area contributed by atoms with E-state index in [2.05, 4.69) is 4.98 Å². The minimum absolute atomic E-state index is 0.0316. The van der Waals surface area contributed by atoms with Crippen molar-refractivity contribution in [3.05, 3.63) is 53.0 Å². The Labute approximate surface area is 211 Å². The number of imide groups is 1. The van der Waals surface area contributed by atoms with E-state index >= 15 is 0 Å². The first-order valence-electron chi connectivity index (χ1n) is 11.2. The topological polar surface area (TPSA) is 120 Å². The number of carbonyl (C=O) groups is 2. The van der Waals surface area contributed by atoms with E-state index in [1.54, 1.807) is 11.6 Å². The zero-order valence-corrected chi connectivity index (χ0v) is 20.8. The predicted octanol–water partition coefficient (Wildman–Crippen LogP) is 1.90. The van der Waals surface area contributed by atoms with Crippen LogP contribution in [0.1, 0.15) is 24.5 Å². The zero-order chi connectivity index (χ0) is 27.1. The van der Waals surface area contributed by atoms with Crippen LogP contribution >= 0.6 is 0 Å². The van der Waals surface area contributed by atoms with Crippen molar-refractivity contribution in [3.8, 4) is 6.07 Å². The molecule has 2 aliphatic heterocycles. The second kappa shape index (κ2) is 9.73. The second-order valence-electron chi connectivity index (χ2n) is 8.76. The molecule has 2 aliphatic rings. The van der Waals surface area contributed by atoms with E-state index in [0.717, 1.165) is 12.1 Å². The molecule has 4 rings (SSSR count). The van der Waals surface area contributed by atoms with Crippen LogP contribution in [0.5, 0.6) is 0 Å². The summed E-state index contributed by atoms with van der Waals surface area (Å²) >= 11 is 0. The minimum atomic E-state index is -4.83. The van der Waals surface area contributed by atoms with Gasteiger partial charge >= 0.3 is 6.18 Å². The fourth-order valence-corrected chi connectivity index (χ4v) is 5.72. The number of amides is 2. The van der Waals surface area contributed by atoms with Gasteiger partial charge in [0.1, 0.15) is 0 Å². The molecule has 2 aromatic rings. The van der Waals surface area contributed by atoms with Gasteiger partial charge in [0, 0.05) is 57.1 Å². The fourth-order valence-electron chi connectivity index (χ4n) is 4.33. The number of hydrogen-bond donors (Lipinski definition) is 0. The third-order valence-corrected chi connectivity index (χ3v) is 8.20. The van der Waals surface area contributed by atoms with Gasteiger partial charge in [-0.1, -0.05) is 0 Å². The number of benzene rings is 1. The first-order chi connectivity index (χ1) is 17.3. The molecule has 0 aliphatic carbocycles. The average Bonchev–Trinajstić information content (AvgIpc) is 3.38. The summed E-state index contributed by atoms with van der Waals surface area (Å²) in [6.45, 7) is 3.05.